The lowest BCUT2D eigenvalue weighted by atomic mass is 10.2. The minimum Gasteiger partial charge on any atom is -0.484 e. The molecule has 0 saturated carbocycles. The van der Waals surface area contributed by atoms with Crippen molar-refractivity contribution in [3.63, 3.8) is 0 Å². The van der Waals surface area contributed by atoms with Gasteiger partial charge in [-0.15, -0.1) is 0 Å². The molecule has 5 nitrogen and oxygen atoms in total. The zero-order chi connectivity index (χ0) is 16.7. The largest absolute Gasteiger partial charge is 0.484 e. The Morgan fingerprint density at radius 2 is 2.09 bits per heavy atom. The fraction of sp³-hybridized carbons (Fsp3) is 0.533. The van der Waals surface area contributed by atoms with Crippen LogP contribution in [0.2, 0.25) is 0 Å². The Bertz CT molecular complexity index is 500. The summed E-state index contributed by atoms with van der Waals surface area (Å²) in [5.41, 5.74) is 0.778. The van der Waals surface area contributed by atoms with Crippen LogP contribution in [0.5, 0.6) is 5.75 Å². The Morgan fingerprint density at radius 1 is 1.35 bits per heavy atom. The maximum atomic E-state index is 12.0. The summed E-state index contributed by atoms with van der Waals surface area (Å²) in [6.07, 6.45) is -4.20. The predicted octanol–water partition coefficient (Wildman–Crippen LogP) is 1.62. The van der Waals surface area contributed by atoms with Crippen molar-refractivity contribution in [1.82, 2.24) is 10.6 Å². The van der Waals surface area contributed by atoms with Gasteiger partial charge in [0.2, 0.25) is 5.91 Å². The van der Waals surface area contributed by atoms with E-state index < -0.39 is 12.8 Å². The van der Waals surface area contributed by atoms with Gasteiger partial charge in [-0.3, -0.25) is 4.79 Å². The van der Waals surface area contributed by atoms with Gasteiger partial charge in [0.1, 0.15) is 5.75 Å². The van der Waals surface area contributed by atoms with Gasteiger partial charge in [-0.05, 0) is 17.7 Å². The molecule has 2 rings (SSSR count). The van der Waals surface area contributed by atoms with Crippen LogP contribution in [-0.2, 0) is 16.1 Å². The Labute approximate surface area is 132 Å². The van der Waals surface area contributed by atoms with Crippen LogP contribution >= 0.6 is 0 Å². The molecule has 0 bridgehead atoms. The van der Waals surface area contributed by atoms with Crippen LogP contribution < -0.4 is 15.4 Å². The molecular formula is C15H19F3N2O3. The molecule has 8 heteroatoms. The molecule has 0 aromatic heterocycles. The second-order valence-corrected chi connectivity index (χ2v) is 5.23. The molecule has 2 N–H and O–H groups in total. The fourth-order valence-electron chi connectivity index (χ4n) is 2.10. The van der Waals surface area contributed by atoms with E-state index in [-0.39, 0.29) is 24.2 Å². The van der Waals surface area contributed by atoms with E-state index in [1.54, 1.807) is 12.1 Å². The predicted molar refractivity (Wildman–Crippen MR) is 77.1 cm³/mol. The number of hydrogen-bond donors (Lipinski definition) is 2. The second kappa shape index (κ2) is 8.16. The van der Waals surface area contributed by atoms with Gasteiger partial charge in [0, 0.05) is 19.6 Å². The summed E-state index contributed by atoms with van der Waals surface area (Å²) in [6, 6.07) is 6.12. The van der Waals surface area contributed by atoms with Gasteiger partial charge in [-0.25, -0.2) is 0 Å². The van der Waals surface area contributed by atoms with Crippen LogP contribution in [0.3, 0.4) is 0 Å². The molecule has 1 atom stereocenters. The van der Waals surface area contributed by atoms with Gasteiger partial charge in [-0.2, -0.15) is 13.2 Å². The fourth-order valence-corrected chi connectivity index (χ4v) is 2.10. The van der Waals surface area contributed by atoms with Crippen molar-refractivity contribution in [2.45, 2.75) is 25.2 Å². The zero-order valence-electron chi connectivity index (χ0n) is 12.5. The number of ether oxygens (including phenoxy) is 2. The molecule has 1 unspecified atom stereocenters. The SMILES string of the molecule is O=C(CC1CNCCO1)NCc1ccc(OCC(F)(F)F)cc1. The maximum Gasteiger partial charge on any atom is 0.422 e. The highest BCUT2D eigenvalue weighted by molar-refractivity contribution is 5.76. The van der Waals surface area contributed by atoms with Gasteiger partial charge in [-0.1, -0.05) is 12.1 Å². The van der Waals surface area contributed by atoms with Crippen LogP contribution in [0.1, 0.15) is 12.0 Å². The molecule has 1 amide bonds. The molecule has 1 saturated heterocycles. The van der Waals surface area contributed by atoms with Crippen LogP contribution in [0.4, 0.5) is 13.2 Å². The first-order valence-corrected chi connectivity index (χ1v) is 7.30. The van der Waals surface area contributed by atoms with Gasteiger partial charge >= 0.3 is 6.18 Å². The normalized spacial score (nSPS) is 18.5. The zero-order valence-corrected chi connectivity index (χ0v) is 12.5. The Kier molecular flexibility index (Phi) is 6.23. The van der Waals surface area contributed by atoms with Crippen molar-refractivity contribution in [3.05, 3.63) is 29.8 Å². The van der Waals surface area contributed by atoms with Crippen molar-refractivity contribution in [3.8, 4) is 5.75 Å². The van der Waals surface area contributed by atoms with Gasteiger partial charge < -0.3 is 20.1 Å². The molecule has 1 aromatic carbocycles. The van der Waals surface area contributed by atoms with Crippen molar-refractivity contribution < 1.29 is 27.4 Å². The van der Waals surface area contributed by atoms with Crippen LogP contribution in [0.15, 0.2) is 24.3 Å². The minimum absolute atomic E-state index is 0.123. The first kappa shape index (κ1) is 17.6. The number of halogens is 3. The molecule has 23 heavy (non-hydrogen) atoms. The van der Waals surface area contributed by atoms with Gasteiger partial charge in [0.25, 0.3) is 0 Å². The minimum atomic E-state index is -4.36. The summed E-state index contributed by atoms with van der Waals surface area (Å²) in [5, 5.41) is 5.90. The van der Waals surface area contributed by atoms with Crippen LogP contribution in [0, 0.1) is 0 Å². The number of nitrogens with one attached hydrogen (secondary N) is 2. The highest BCUT2D eigenvalue weighted by atomic mass is 19.4. The second-order valence-electron chi connectivity index (χ2n) is 5.23. The summed E-state index contributed by atoms with van der Waals surface area (Å²) in [6.45, 7) is 1.02. The molecular weight excluding hydrogens is 313 g/mol. The first-order chi connectivity index (χ1) is 10.9. The number of morpholine rings is 1. The monoisotopic (exact) mass is 332 g/mol. The van der Waals surface area contributed by atoms with E-state index in [1.807, 2.05) is 0 Å². The van der Waals surface area contributed by atoms with Crippen molar-refractivity contribution in [2.24, 2.45) is 0 Å². The molecule has 1 aromatic rings. The average Bonchev–Trinajstić information content (AvgIpc) is 2.52. The van der Waals surface area contributed by atoms with Crippen molar-refractivity contribution in [2.75, 3.05) is 26.3 Å². The topological polar surface area (TPSA) is 59.6 Å². The van der Waals surface area contributed by atoms with Crippen molar-refractivity contribution in [1.29, 1.82) is 0 Å². The number of amides is 1. The molecule has 1 aliphatic heterocycles. The van der Waals surface area contributed by atoms with Gasteiger partial charge in [0.15, 0.2) is 6.61 Å². The number of benzene rings is 1. The van der Waals surface area contributed by atoms with E-state index in [2.05, 4.69) is 15.4 Å². The summed E-state index contributed by atoms with van der Waals surface area (Å²) in [5.74, 6) is 0.00943. The Hall–Kier alpha value is -1.80. The molecule has 0 spiro atoms. The third-order valence-corrected chi connectivity index (χ3v) is 3.23. The lowest BCUT2D eigenvalue weighted by Gasteiger charge is -2.23. The third kappa shape index (κ3) is 6.87. The number of carbonyl (C=O) groups excluding carboxylic acids is 1. The van der Waals surface area contributed by atoms with Crippen LogP contribution in [0.25, 0.3) is 0 Å². The summed E-state index contributed by atoms with van der Waals surface area (Å²) < 4.78 is 46.2. The van der Waals surface area contributed by atoms with E-state index >= 15 is 0 Å². The van der Waals surface area contributed by atoms with Gasteiger partial charge in [0.05, 0.1) is 19.1 Å². The molecule has 128 valence electrons. The van der Waals surface area contributed by atoms with E-state index in [4.69, 9.17) is 4.74 Å². The van der Waals surface area contributed by atoms with E-state index in [0.29, 0.717) is 19.7 Å². The maximum absolute atomic E-state index is 12.0. The van der Waals surface area contributed by atoms with E-state index in [1.165, 1.54) is 12.1 Å². The highest BCUT2D eigenvalue weighted by Crippen LogP contribution is 2.18. The quantitative estimate of drug-likeness (QED) is 0.831. The van der Waals surface area contributed by atoms with Crippen molar-refractivity contribution >= 4 is 5.91 Å². The molecule has 0 radical (unpaired) electrons. The van der Waals surface area contributed by atoms with E-state index in [9.17, 15) is 18.0 Å². The molecule has 1 aliphatic rings. The molecule has 1 fully saturated rings. The molecule has 1 heterocycles. The summed E-state index contributed by atoms with van der Waals surface area (Å²) in [4.78, 5) is 11.8. The lowest BCUT2D eigenvalue weighted by molar-refractivity contribution is -0.153. The first-order valence-electron chi connectivity index (χ1n) is 7.30. The van der Waals surface area contributed by atoms with E-state index in [0.717, 1.165) is 12.1 Å². The third-order valence-electron chi connectivity index (χ3n) is 3.23. The highest BCUT2D eigenvalue weighted by Gasteiger charge is 2.28. The number of alkyl halides is 3. The number of hydrogen-bond acceptors (Lipinski definition) is 4. The average molecular weight is 332 g/mol. The Morgan fingerprint density at radius 3 is 2.70 bits per heavy atom. The Balaban J connectivity index is 1.71. The number of carbonyl (C=O) groups is 1. The summed E-state index contributed by atoms with van der Waals surface area (Å²) in [7, 11) is 0. The number of rotatable bonds is 6. The standard InChI is InChI=1S/C15H19F3N2O3/c16-15(17,18)10-23-12-3-1-11(2-4-12)8-20-14(21)7-13-9-19-5-6-22-13/h1-4,13,19H,5-10H2,(H,20,21). The smallest absolute Gasteiger partial charge is 0.422 e. The summed E-state index contributed by atoms with van der Waals surface area (Å²) >= 11 is 0. The lowest BCUT2D eigenvalue weighted by Crippen LogP contribution is -2.41. The molecule has 0 aliphatic carbocycles. The van der Waals surface area contributed by atoms with Crippen LogP contribution in [-0.4, -0.2) is 44.5 Å².